The maximum absolute atomic E-state index is 12.3. The summed E-state index contributed by atoms with van der Waals surface area (Å²) >= 11 is 0. The van der Waals surface area contributed by atoms with Crippen molar-refractivity contribution < 1.29 is 13.9 Å². The molecular formula is C8H5F2N2O. The molecule has 0 aliphatic rings. The molecule has 0 amide bonds. The van der Waals surface area contributed by atoms with E-state index < -0.39 is 6.55 Å². The van der Waals surface area contributed by atoms with E-state index in [1.54, 1.807) is 0 Å². The average Bonchev–Trinajstić information content (AvgIpc) is 2.48. The second-order valence-corrected chi connectivity index (χ2v) is 2.50. The molecule has 1 N–H and O–H groups in total. The molecule has 1 radical (unpaired) electrons. The van der Waals surface area contributed by atoms with E-state index >= 15 is 0 Å². The van der Waals surface area contributed by atoms with Crippen molar-refractivity contribution >= 4 is 11.0 Å². The van der Waals surface area contributed by atoms with Crippen LogP contribution in [0.15, 0.2) is 18.2 Å². The Morgan fingerprint density at radius 3 is 2.92 bits per heavy atom. The fourth-order valence-corrected chi connectivity index (χ4v) is 1.13. The van der Waals surface area contributed by atoms with E-state index in [1.807, 2.05) is 0 Å². The normalized spacial score (nSPS) is 11.3. The van der Waals surface area contributed by atoms with Gasteiger partial charge in [0.15, 0.2) is 6.33 Å². The first-order chi connectivity index (χ1) is 6.20. The summed E-state index contributed by atoms with van der Waals surface area (Å²) in [5, 5.41) is 9.23. The summed E-state index contributed by atoms with van der Waals surface area (Å²) in [7, 11) is 0. The second kappa shape index (κ2) is 2.69. The molecule has 5 heteroatoms. The number of phenols is 1. The summed E-state index contributed by atoms with van der Waals surface area (Å²) in [6, 6.07) is 4.32. The van der Waals surface area contributed by atoms with Crippen molar-refractivity contribution in [3.8, 4) is 5.75 Å². The van der Waals surface area contributed by atoms with E-state index in [1.165, 1.54) is 18.2 Å². The van der Waals surface area contributed by atoms with Crippen LogP contribution >= 0.6 is 0 Å². The standard InChI is InChI=1S/C8H5F2N2O/c9-8(10)12-4-11-7-5(12)2-1-3-6(7)13/h1-3,8,13H. The lowest BCUT2D eigenvalue weighted by atomic mass is 10.3. The van der Waals surface area contributed by atoms with E-state index in [-0.39, 0.29) is 16.8 Å². The van der Waals surface area contributed by atoms with Crippen LogP contribution < -0.4 is 0 Å². The minimum atomic E-state index is -2.69. The summed E-state index contributed by atoms with van der Waals surface area (Å²) in [4.78, 5) is 3.55. The molecule has 0 bridgehead atoms. The van der Waals surface area contributed by atoms with Crippen LogP contribution in [0.5, 0.6) is 5.75 Å². The molecule has 1 aromatic carbocycles. The number of aromatic nitrogens is 2. The topological polar surface area (TPSA) is 38.1 Å². The predicted octanol–water partition coefficient (Wildman–Crippen LogP) is 1.94. The van der Waals surface area contributed by atoms with Gasteiger partial charge in [-0.25, -0.2) is 4.98 Å². The third-order valence-corrected chi connectivity index (χ3v) is 1.72. The summed E-state index contributed by atoms with van der Waals surface area (Å²) in [6.07, 6.45) is 2.11. The Morgan fingerprint density at radius 2 is 2.23 bits per heavy atom. The number of halogens is 2. The third kappa shape index (κ3) is 1.12. The number of fused-ring (bicyclic) bond motifs is 1. The van der Waals surface area contributed by atoms with Crippen LogP contribution in [-0.4, -0.2) is 14.7 Å². The minimum Gasteiger partial charge on any atom is -0.506 e. The van der Waals surface area contributed by atoms with Crippen LogP contribution in [0, 0.1) is 6.33 Å². The second-order valence-electron chi connectivity index (χ2n) is 2.50. The number of rotatable bonds is 1. The molecule has 0 fully saturated rings. The molecule has 2 rings (SSSR count). The number of benzene rings is 1. The van der Waals surface area contributed by atoms with Crippen molar-refractivity contribution in [1.82, 2.24) is 9.55 Å². The third-order valence-electron chi connectivity index (χ3n) is 1.72. The monoisotopic (exact) mass is 183 g/mol. The number of alkyl halides is 2. The maximum Gasteiger partial charge on any atom is 0.320 e. The van der Waals surface area contributed by atoms with Gasteiger partial charge in [-0.2, -0.15) is 8.78 Å². The van der Waals surface area contributed by atoms with Gasteiger partial charge < -0.3 is 5.11 Å². The molecule has 1 aromatic heterocycles. The largest absolute Gasteiger partial charge is 0.506 e. The quantitative estimate of drug-likeness (QED) is 0.733. The average molecular weight is 183 g/mol. The van der Waals surface area contributed by atoms with Crippen LogP contribution in [0.3, 0.4) is 0 Å². The maximum atomic E-state index is 12.3. The fraction of sp³-hybridized carbons (Fsp3) is 0.125. The minimum absolute atomic E-state index is 0.117. The van der Waals surface area contributed by atoms with Crippen LogP contribution in [0.1, 0.15) is 6.55 Å². The van der Waals surface area contributed by atoms with Gasteiger partial charge in [-0.15, -0.1) is 0 Å². The highest BCUT2D eigenvalue weighted by molar-refractivity contribution is 5.81. The van der Waals surface area contributed by atoms with Gasteiger partial charge in [0.05, 0.1) is 5.52 Å². The highest BCUT2D eigenvalue weighted by Crippen LogP contribution is 2.25. The van der Waals surface area contributed by atoms with Gasteiger partial charge in [0, 0.05) is 0 Å². The smallest absolute Gasteiger partial charge is 0.320 e. The van der Waals surface area contributed by atoms with Gasteiger partial charge in [-0.05, 0) is 12.1 Å². The van der Waals surface area contributed by atoms with E-state index in [9.17, 15) is 13.9 Å². The zero-order chi connectivity index (χ0) is 9.42. The first kappa shape index (κ1) is 7.97. The van der Waals surface area contributed by atoms with Gasteiger partial charge >= 0.3 is 6.55 Å². The highest BCUT2D eigenvalue weighted by atomic mass is 19.3. The number of imidazole rings is 1. The Labute approximate surface area is 72.2 Å². The summed E-state index contributed by atoms with van der Waals surface area (Å²) in [6.45, 7) is -2.69. The predicted molar refractivity (Wildman–Crippen MR) is 41.5 cm³/mol. The first-order valence-corrected chi connectivity index (χ1v) is 3.56. The van der Waals surface area contributed by atoms with Crippen molar-refractivity contribution in [2.45, 2.75) is 6.55 Å². The molecule has 0 aliphatic carbocycles. The Bertz CT molecular complexity index is 439. The number of hydrogen-bond acceptors (Lipinski definition) is 2. The Hall–Kier alpha value is -1.65. The Kier molecular flexibility index (Phi) is 1.65. The molecule has 2 aromatic rings. The summed E-state index contributed by atoms with van der Waals surface area (Å²) in [5.74, 6) is -0.117. The zero-order valence-electron chi connectivity index (χ0n) is 6.41. The lowest BCUT2D eigenvalue weighted by molar-refractivity contribution is 0.0737. The van der Waals surface area contributed by atoms with Crippen LogP contribution in [0.25, 0.3) is 11.0 Å². The molecular weight excluding hydrogens is 178 g/mol. The first-order valence-electron chi connectivity index (χ1n) is 3.56. The SMILES string of the molecule is Oc1cccc2c1n[c]n2C(F)F. The lowest BCUT2D eigenvalue weighted by Gasteiger charge is -2.00. The number of aromatic hydroxyl groups is 1. The van der Waals surface area contributed by atoms with Gasteiger partial charge in [-0.3, -0.25) is 4.57 Å². The van der Waals surface area contributed by atoms with Crippen LogP contribution in [0.4, 0.5) is 8.78 Å². The molecule has 13 heavy (non-hydrogen) atoms. The van der Waals surface area contributed by atoms with Gasteiger partial charge in [0.2, 0.25) is 0 Å². The molecule has 1 heterocycles. The molecule has 0 spiro atoms. The van der Waals surface area contributed by atoms with Crippen molar-refractivity contribution in [3.05, 3.63) is 24.5 Å². The van der Waals surface area contributed by atoms with E-state index in [2.05, 4.69) is 11.3 Å². The van der Waals surface area contributed by atoms with Crippen LogP contribution in [-0.2, 0) is 0 Å². The Balaban J connectivity index is 2.75. The van der Waals surface area contributed by atoms with Gasteiger partial charge in [0.25, 0.3) is 0 Å². The lowest BCUT2D eigenvalue weighted by Crippen LogP contribution is -1.95. The molecule has 3 nitrogen and oxygen atoms in total. The Morgan fingerprint density at radius 1 is 1.46 bits per heavy atom. The number of hydrogen-bond donors (Lipinski definition) is 1. The number of para-hydroxylation sites is 1. The van der Waals surface area contributed by atoms with E-state index in [0.29, 0.717) is 4.57 Å². The van der Waals surface area contributed by atoms with E-state index in [4.69, 9.17) is 0 Å². The fourth-order valence-electron chi connectivity index (χ4n) is 1.13. The van der Waals surface area contributed by atoms with Gasteiger partial charge in [-0.1, -0.05) is 6.07 Å². The molecule has 67 valence electrons. The molecule has 0 saturated heterocycles. The van der Waals surface area contributed by atoms with Crippen molar-refractivity contribution in [1.29, 1.82) is 0 Å². The number of phenolic OH excluding ortho intramolecular Hbond substituents is 1. The van der Waals surface area contributed by atoms with Crippen LogP contribution in [0.2, 0.25) is 0 Å². The van der Waals surface area contributed by atoms with Crippen molar-refractivity contribution in [2.24, 2.45) is 0 Å². The molecule has 0 saturated carbocycles. The summed E-state index contributed by atoms with van der Waals surface area (Å²) in [5.41, 5.74) is 0.317. The van der Waals surface area contributed by atoms with Crippen molar-refractivity contribution in [3.63, 3.8) is 0 Å². The van der Waals surface area contributed by atoms with Gasteiger partial charge in [0.1, 0.15) is 11.3 Å². The van der Waals surface area contributed by atoms with E-state index in [0.717, 1.165) is 0 Å². The van der Waals surface area contributed by atoms with Crippen molar-refractivity contribution in [2.75, 3.05) is 0 Å². The molecule has 0 atom stereocenters. The molecule has 0 unspecified atom stereocenters. The highest BCUT2D eigenvalue weighted by Gasteiger charge is 2.12. The molecule has 0 aliphatic heterocycles. The zero-order valence-corrected chi connectivity index (χ0v) is 6.41. The summed E-state index contributed by atoms with van der Waals surface area (Å²) < 4.78 is 25.1. The number of nitrogens with zero attached hydrogens (tertiary/aromatic N) is 2.